The van der Waals surface area contributed by atoms with Gasteiger partial charge in [0.2, 0.25) is 0 Å². The van der Waals surface area contributed by atoms with Crippen LogP contribution in [0.2, 0.25) is 5.15 Å². The van der Waals surface area contributed by atoms with E-state index in [-0.39, 0.29) is 24.4 Å². The molecular weight excluding hydrogens is 740 g/mol. The number of hydrogen-bond acceptors (Lipinski definition) is 8. The first kappa shape index (κ1) is 46.5. The molecule has 0 bridgehead atoms. The quantitative estimate of drug-likeness (QED) is 0.133. The van der Waals surface area contributed by atoms with Gasteiger partial charge in [-0.2, -0.15) is 0 Å². The molecule has 2 unspecified atom stereocenters. The summed E-state index contributed by atoms with van der Waals surface area (Å²) in [5.41, 5.74) is 5.70. The van der Waals surface area contributed by atoms with Crippen LogP contribution in [0.1, 0.15) is 129 Å². The maximum Gasteiger partial charge on any atom is 0.410 e. The van der Waals surface area contributed by atoms with Gasteiger partial charge >= 0.3 is 12.2 Å². The van der Waals surface area contributed by atoms with Crippen LogP contribution in [-0.2, 0) is 51.1 Å². The number of nitrogens with zero attached hydrogens (tertiary/aromatic N) is 4. The van der Waals surface area contributed by atoms with Gasteiger partial charge < -0.3 is 28.7 Å². The van der Waals surface area contributed by atoms with Gasteiger partial charge in [-0.1, -0.05) is 43.7 Å². The van der Waals surface area contributed by atoms with Gasteiger partial charge in [0.1, 0.15) is 16.4 Å². The summed E-state index contributed by atoms with van der Waals surface area (Å²) >= 11 is 5.81. The highest BCUT2D eigenvalue weighted by Gasteiger charge is 2.31. The van der Waals surface area contributed by atoms with Crippen molar-refractivity contribution < 1.29 is 28.5 Å². The van der Waals surface area contributed by atoms with E-state index in [0.717, 1.165) is 76.4 Å². The molecule has 2 aromatic heterocycles. The van der Waals surface area contributed by atoms with Gasteiger partial charge in [0.15, 0.2) is 0 Å². The number of unbranched alkanes of at least 4 members (excludes halogenated alkanes) is 1. The van der Waals surface area contributed by atoms with Crippen LogP contribution in [0.3, 0.4) is 0 Å². The average Bonchev–Trinajstić information content (AvgIpc) is 3.81. The molecule has 4 heterocycles. The predicted molar refractivity (Wildman–Crippen MR) is 228 cm³/mol. The van der Waals surface area contributed by atoms with E-state index in [1.54, 1.807) is 9.80 Å². The lowest BCUT2D eigenvalue weighted by Gasteiger charge is -2.24. The number of carbonyl (C=O) groups excluding carboxylic acids is 2. The summed E-state index contributed by atoms with van der Waals surface area (Å²) in [4.78, 5) is 36.6. The van der Waals surface area contributed by atoms with E-state index in [1.165, 1.54) is 53.9 Å². The summed E-state index contributed by atoms with van der Waals surface area (Å²) in [5, 5.41) is 0.628. The molecule has 57 heavy (non-hydrogen) atoms. The van der Waals surface area contributed by atoms with Crippen molar-refractivity contribution in [2.24, 2.45) is 11.8 Å². The fourth-order valence-electron chi connectivity index (χ4n) is 7.38. The van der Waals surface area contributed by atoms with E-state index < -0.39 is 11.2 Å². The Balaban J connectivity index is 0.000000210. The third-order valence-corrected chi connectivity index (χ3v) is 10.7. The van der Waals surface area contributed by atoms with Crippen LogP contribution >= 0.6 is 11.6 Å². The molecule has 11 heteroatoms. The maximum atomic E-state index is 12.1. The minimum absolute atomic E-state index is 0.135. The molecule has 0 aromatic carbocycles. The Labute approximate surface area is 348 Å². The van der Waals surface area contributed by atoms with Gasteiger partial charge in [-0.3, -0.25) is 4.98 Å². The number of pyridine rings is 2. The summed E-state index contributed by atoms with van der Waals surface area (Å²) in [6.45, 7) is 23.7. The van der Waals surface area contributed by atoms with Crippen LogP contribution in [0, 0.1) is 11.8 Å². The van der Waals surface area contributed by atoms with Gasteiger partial charge in [-0.05, 0) is 154 Å². The number of hydrogen-bond donors (Lipinski definition) is 0. The lowest BCUT2D eigenvalue weighted by Crippen LogP contribution is -2.36. The Bertz CT molecular complexity index is 1590. The normalized spacial score (nSPS) is 21.6. The van der Waals surface area contributed by atoms with Gasteiger partial charge in [0.05, 0.1) is 31.9 Å². The summed E-state index contributed by atoms with van der Waals surface area (Å²) in [7, 11) is 0. The molecule has 2 aliphatic carbocycles. The van der Waals surface area contributed by atoms with E-state index in [9.17, 15) is 9.59 Å². The van der Waals surface area contributed by atoms with Crippen molar-refractivity contribution in [3.63, 3.8) is 0 Å². The van der Waals surface area contributed by atoms with Gasteiger partial charge in [-0.15, -0.1) is 6.58 Å². The number of halogens is 1. The lowest BCUT2D eigenvalue weighted by molar-refractivity contribution is 0.0203. The number of aryl methyl sites for hydroxylation is 3. The Morgan fingerprint density at radius 3 is 1.79 bits per heavy atom. The van der Waals surface area contributed by atoms with Crippen molar-refractivity contribution in [3.05, 3.63) is 70.3 Å². The number of ether oxygens (including phenoxy) is 4. The molecule has 2 fully saturated rings. The number of aromatic nitrogens is 2. The highest BCUT2D eigenvalue weighted by molar-refractivity contribution is 6.29. The third kappa shape index (κ3) is 16.9. The summed E-state index contributed by atoms with van der Waals surface area (Å²) in [5.74, 6) is 1.53. The zero-order chi connectivity index (χ0) is 41.6. The van der Waals surface area contributed by atoms with Crippen LogP contribution in [0.25, 0.3) is 0 Å². The van der Waals surface area contributed by atoms with Crippen LogP contribution in [0.4, 0.5) is 9.59 Å². The third-order valence-electron chi connectivity index (χ3n) is 10.5. The second kappa shape index (κ2) is 22.2. The molecule has 2 aliphatic heterocycles. The Hall–Kier alpha value is -3.21. The molecule has 2 aromatic rings. The van der Waals surface area contributed by atoms with Gasteiger partial charge in [-0.25, -0.2) is 14.6 Å². The largest absolute Gasteiger partial charge is 0.444 e. The first-order valence-electron chi connectivity index (χ1n) is 21.4. The highest BCUT2D eigenvalue weighted by Crippen LogP contribution is 2.26. The van der Waals surface area contributed by atoms with Gasteiger partial charge in [0, 0.05) is 36.8 Å². The van der Waals surface area contributed by atoms with Crippen molar-refractivity contribution in [3.8, 4) is 0 Å². The summed E-state index contributed by atoms with van der Waals surface area (Å²) in [6.07, 6.45) is 14.5. The summed E-state index contributed by atoms with van der Waals surface area (Å²) < 4.78 is 22.4. The number of amides is 2. The van der Waals surface area contributed by atoms with Crippen molar-refractivity contribution in [2.45, 2.75) is 156 Å². The number of likely N-dealkylation sites (tertiary alicyclic amines) is 2. The second-order valence-corrected chi connectivity index (χ2v) is 18.7. The minimum Gasteiger partial charge on any atom is -0.444 e. The highest BCUT2D eigenvalue weighted by atomic mass is 35.5. The second-order valence-electron chi connectivity index (χ2n) is 18.3. The molecule has 0 N–H and O–H groups in total. The monoisotopic (exact) mass is 811 g/mol. The molecule has 2 saturated heterocycles. The average molecular weight is 812 g/mol. The molecule has 4 aliphatic rings. The fraction of sp³-hybridized carbons (Fsp3) is 0.696. The Kier molecular flexibility index (Phi) is 18.1. The van der Waals surface area contributed by atoms with Crippen LogP contribution in [0.15, 0.2) is 36.9 Å². The molecule has 6 rings (SSSR count). The van der Waals surface area contributed by atoms with Crippen LogP contribution in [0.5, 0.6) is 0 Å². The van der Waals surface area contributed by atoms with Crippen LogP contribution in [-0.4, -0.2) is 94.8 Å². The topological polar surface area (TPSA) is 103 Å². The molecule has 10 nitrogen and oxygen atoms in total. The standard InChI is InChI=1S/C23H36N2O3.C13H23NO3.C10H12ClN/c1-17-8-9-18-10-11-19(24-21(18)15-17)7-5-6-14-27-20-12-13-25(16-20)22(26)28-23(2,3)4;1-5-6-9-16-11-7-8-14(10-11)12(15)17-13(2,3)4;1-7-2-3-8-4-5-10(11)12-9(8)6-7/h10-11,17,20H,5-9,12-16H2,1-4H3;5,11H,1,6-10H2,2-4H3;4-5,7H,2-3,6H2,1H3/t17?,20-;11-;/m11./s1. The minimum atomic E-state index is -0.446. The van der Waals surface area contributed by atoms with Crippen molar-refractivity contribution in [1.82, 2.24) is 19.8 Å². The van der Waals surface area contributed by atoms with Crippen molar-refractivity contribution in [1.29, 1.82) is 0 Å². The van der Waals surface area contributed by atoms with Crippen molar-refractivity contribution in [2.75, 3.05) is 39.4 Å². The maximum absolute atomic E-state index is 12.1. The molecule has 318 valence electrons. The fourth-order valence-corrected chi connectivity index (χ4v) is 7.55. The first-order valence-corrected chi connectivity index (χ1v) is 21.8. The van der Waals surface area contributed by atoms with E-state index in [2.05, 4.69) is 43.6 Å². The molecule has 4 atom stereocenters. The smallest absolute Gasteiger partial charge is 0.410 e. The Morgan fingerprint density at radius 2 is 1.26 bits per heavy atom. The van der Waals surface area contributed by atoms with E-state index >= 15 is 0 Å². The molecule has 0 saturated carbocycles. The number of rotatable bonds is 10. The van der Waals surface area contributed by atoms with E-state index in [4.69, 9.17) is 35.5 Å². The zero-order valence-electron chi connectivity index (χ0n) is 36.2. The number of fused-ring (bicyclic) bond motifs is 2. The van der Waals surface area contributed by atoms with Crippen LogP contribution < -0.4 is 0 Å². The zero-order valence-corrected chi connectivity index (χ0v) is 37.0. The predicted octanol–water partition coefficient (Wildman–Crippen LogP) is 10.0. The van der Waals surface area contributed by atoms with Crippen molar-refractivity contribution >= 4 is 23.8 Å². The van der Waals surface area contributed by atoms with Gasteiger partial charge in [0.25, 0.3) is 0 Å². The Morgan fingerprint density at radius 1 is 0.754 bits per heavy atom. The molecule has 0 radical (unpaired) electrons. The SMILES string of the molecule is C=CCCO[C@@H]1CCN(C(=O)OC(C)(C)C)C1.CC1CCc2ccc(CCCCO[C@@H]3CCN(C(=O)OC(C)(C)C)C3)nc2C1.CC1CCc2ccc(Cl)nc2C1. The van der Waals surface area contributed by atoms with E-state index in [0.29, 0.717) is 31.4 Å². The molecule has 0 spiro atoms. The number of carbonyl (C=O) groups is 2. The van der Waals surface area contributed by atoms with E-state index in [1.807, 2.05) is 53.7 Å². The molecule has 2 amide bonds. The molecular formula is C46H71ClN4O6. The lowest BCUT2D eigenvalue weighted by atomic mass is 9.88. The first-order chi connectivity index (χ1) is 27.0. The summed E-state index contributed by atoms with van der Waals surface area (Å²) in [6, 6.07) is 8.47.